The molecule has 0 saturated heterocycles. The monoisotopic (exact) mass is 343 g/mol. The summed E-state index contributed by atoms with van der Waals surface area (Å²) in [6, 6.07) is 5.38. The van der Waals surface area contributed by atoms with Crippen LogP contribution in [-0.4, -0.2) is 26.9 Å². The number of carbonyl (C=O) groups is 1. The summed E-state index contributed by atoms with van der Waals surface area (Å²) in [5.74, 6) is 0.661. The number of aryl methyl sites for hydroxylation is 1. The first-order valence-electron chi connectivity index (χ1n) is 9.07. The second kappa shape index (κ2) is 6.98. The van der Waals surface area contributed by atoms with Gasteiger partial charge in [-0.1, -0.05) is 39.3 Å². The number of nitrogens with zero attached hydrogens (tertiary/aromatic N) is 3. The molecule has 1 amide bonds. The van der Waals surface area contributed by atoms with Crippen LogP contribution in [0.3, 0.4) is 0 Å². The molecule has 1 aliphatic rings. The van der Waals surface area contributed by atoms with Gasteiger partial charge in [-0.15, -0.1) is 0 Å². The first kappa shape index (κ1) is 17.6. The van der Waals surface area contributed by atoms with Gasteiger partial charge in [-0.05, 0) is 37.3 Å². The third-order valence-corrected chi connectivity index (χ3v) is 4.67. The maximum atomic E-state index is 14.5. The molecule has 3 rings (SSSR count). The summed E-state index contributed by atoms with van der Waals surface area (Å²) in [5.41, 5.74) is 3.14. The zero-order chi connectivity index (χ0) is 18.1. The van der Waals surface area contributed by atoms with Gasteiger partial charge >= 0.3 is 0 Å². The second-order valence-corrected chi connectivity index (χ2v) is 7.27. The van der Waals surface area contributed by atoms with Crippen LogP contribution in [0.15, 0.2) is 18.2 Å². The van der Waals surface area contributed by atoms with Gasteiger partial charge in [0.25, 0.3) is 5.91 Å². The molecule has 0 fully saturated rings. The Morgan fingerprint density at radius 1 is 1.32 bits per heavy atom. The predicted octanol–water partition coefficient (Wildman–Crippen LogP) is 4.41. The summed E-state index contributed by atoms with van der Waals surface area (Å²) in [4.78, 5) is 18.8. The van der Waals surface area contributed by atoms with E-state index in [0.717, 1.165) is 48.3 Å². The molecule has 1 aliphatic heterocycles. The number of imidazole rings is 1. The number of carbonyl (C=O) groups excluding carboxylic acids is 1. The molecule has 0 aliphatic carbocycles. The fourth-order valence-corrected chi connectivity index (χ4v) is 3.44. The third-order valence-electron chi connectivity index (χ3n) is 4.67. The van der Waals surface area contributed by atoms with E-state index in [9.17, 15) is 9.18 Å². The highest BCUT2D eigenvalue weighted by molar-refractivity contribution is 5.94. The van der Waals surface area contributed by atoms with Crippen LogP contribution in [0.2, 0.25) is 0 Å². The number of benzene rings is 1. The zero-order valence-corrected chi connectivity index (χ0v) is 15.5. The van der Waals surface area contributed by atoms with Crippen molar-refractivity contribution >= 4 is 5.91 Å². The van der Waals surface area contributed by atoms with E-state index in [1.54, 1.807) is 6.07 Å². The first-order chi connectivity index (χ1) is 11.9. The number of rotatable bonds is 6. The number of amides is 1. The Labute approximate surface area is 148 Å². The zero-order valence-electron chi connectivity index (χ0n) is 15.5. The Balaban J connectivity index is 1.94. The van der Waals surface area contributed by atoms with E-state index >= 15 is 0 Å². The molecule has 1 aromatic carbocycles. The molecular formula is C20H26FN3O. The lowest BCUT2D eigenvalue weighted by atomic mass is 10.00. The first-order valence-corrected chi connectivity index (χ1v) is 9.07. The number of halogens is 1. The van der Waals surface area contributed by atoms with Crippen LogP contribution in [-0.2, 0) is 13.1 Å². The summed E-state index contributed by atoms with van der Waals surface area (Å²) in [6.07, 6.45) is 2.74. The van der Waals surface area contributed by atoms with Gasteiger partial charge in [0.2, 0.25) is 5.82 Å². The van der Waals surface area contributed by atoms with Crippen molar-refractivity contribution in [2.75, 3.05) is 6.54 Å². The van der Waals surface area contributed by atoms with E-state index in [1.165, 1.54) is 0 Å². The van der Waals surface area contributed by atoms with Crippen molar-refractivity contribution in [1.82, 2.24) is 14.5 Å². The molecule has 0 N–H and O–H groups in total. The van der Waals surface area contributed by atoms with Crippen molar-refractivity contribution < 1.29 is 9.18 Å². The maximum Gasteiger partial charge on any atom is 0.291 e. The second-order valence-electron chi connectivity index (χ2n) is 7.27. The van der Waals surface area contributed by atoms with Gasteiger partial charge in [0.1, 0.15) is 5.82 Å². The van der Waals surface area contributed by atoms with E-state index in [2.05, 4.69) is 25.8 Å². The molecule has 0 bridgehead atoms. The Kier molecular flexibility index (Phi) is 4.93. The van der Waals surface area contributed by atoms with Crippen LogP contribution in [0.25, 0.3) is 11.3 Å². The molecule has 25 heavy (non-hydrogen) atoms. The lowest BCUT2D eigenvalue weighted by Gasteiger charge is -2.16. The number of fused-ring (bicyclic) bond motifs is 1. The standard InChI is InChI=1S/C20H26FN3O/c1-5-6-9-23-12-24-18(14(4)22-19(24)20(23)25)16-8-7-15(10-13(2)3)17(21)11-16/h7-8,11,13H,5-6,9-10,12H2,1-4H3. The minimum atomic E-state index is -0.187. The molecule has 5 heteroatoms. The summed E-state index contributed by atoms with van der Waals surface area (Å²) < 4.78 is 16.4. The molecule has 4 nitrogen and oxygen atoms in total. The Morgan fingerprint density at radius 3 is 2.72 bits per heavy atom. The van der Waals surface area contributed by atoms with Gasteiger partial charge in [0.15, 0.2) is 0 Å². The fourth-order valence-electron chi connectivity index (χ4n) is 3.44. The molecule has 0 spiro atoms. The summed E-state index contributed by atoms with van der Waals surface area (Å²) >= 11 is 0. The smallest absolute Gasteiger partial charge is 0.291 e. The van der Waals surface area contributed by atoms with Gasteiger partial charge in [-0.25, -0.2) is 9.37 Å². The molecule has 0 radical (unpaired) electrons. The van der Waals surface area contributed by atoms with Crippen LogP contribution < -0.4 is 0 Å². The number of unbranched alkanes of at least 4 members (excludes halogenated alkanes) is 1. The minimum absolute atomic E-state index is 0.0281. The number of hydrogen-bond donors (Lipinski definition) is 0. The van der Waals surface area contributed by atoms with Crippen LogP contribution >= 0.6 is 0 Å². The van der Waals surface area contributed by atoms with Crippen LogP contribution in [0, 0.1) is 18.7 Å². The molecule has 2 aromatic rings. The van der Waals surface area contributed by atoms with Crippen LogP contribution in [0.4, 0.5) is 4.39 Å². The maximum absolute atomic E-state index is 14.5. The van der Waals surface area contributed by atoms with Crippen molar-refractivity contribution in [3.8, 4) is 11.3 Å². The van der Waals surface area contributed by atoms with Crippen molar-refractivity contribution in [3.63, 3.8) is 0 Å². The normalized spacial score (nSPS) is 13.8. The number of aromatic nitrogens is 2. The van der Waals surface area contributed by atoms with Gasteiger partial charge < -0.3 is 9.47 Å². The van der Waals surface area contributed by atoms with E-state index in [1.807, 2.05) is 28.5 Å². The summed E-state index contributed by atoms with van der Waals surface area (Å²) in [6.45, 7) is 9.38. The van der Waals surface area contributed by atoms with Gasteiger partial charge in [0, 0.05) is 12.1 Å². The lowest BCUT2D eigenvalue weighted by molar-refractivity contribution is 0.0763. The lowest BCUT2D eigenvalue weighted by Crippen LogP contribution is -2.26. The highest BCUT2D eigenvalue weighted by atomic mass is 19.1. The van der Waals surface area contributed by atoms with Crippen molar-refractivity contribution in [1.29, 1.82) is 0 Å². The summed E-state index contributed by atoms with van der Waals surface area (Å²) in [7, 11) is 0. The van der Waals surface area contributed by atoms with Crippen LogP contribution in [0.5, 0.6) is 0 Å². The average molecular weight is 343 g/mol. The Hall–Kier alpha value is -2.17. The molecule has 2 heterocycles. The quantitative estimate of drug-likeness (QED) is 0.779. The van der Waals surface area contributed by atoms with E-state index in [0.29, 0.717) is 18.4 Å². The van der Waals surface area contributed by atoms with Gasteiger partial charge in [-0.2, -0.15) is 0 Å². The predicted molar refractivity (Wildman–Crippen MR) is 96.8 cm³/mol. The fraction of sp³-hybridized carbons (Fsp3) is 0.500. The topological polar surface area (TPSA) is 38.1 Å². The molecule has 0 saturated carbocycles. The Bertz CT molecular complexity index is 794. The SMILES string of the molecule is CCCCN1Cn2c(nc(C)c2-c2ccc(CC(C)C)c(F)c2)C1=O. The van der Waals surface area contributed by atoms with E-state index < -0.39 is 0 Å². The number of hydrogen-bond acceptors (Lipinski definition) is 2. The Morgan fingerprint density at radius 2 is 2.08 bits per heavy atom. The average Bonchev–Trinajstić information content (AvgIpc) is 3.02. The van der Waals surface area contributed by atoms with Crippen molar-refractivity contribution in [3.05, 3.63) is 41.1 Å². The van der Waals surface area contributed by atoms with Gasteiger partial charge in [0.05, 0.1) is 18.1 Å². The third kappa shape index (κ3) is 3.32. The molecule has 0 atom stereocenters. The minimum Gasteiger partial charge on any atom is -0.318 e. The highest BCUT2D eigenvalue weighted by Gasteiger charge is 2.32. The van der Waals surface area contributed by atoms with Crippen molar-refractivity contribution in [2.45, 2.75) is 53.6 Å². The van der Waals surface area contributed by atoms with Crippen LogP contribution in [0.1, 0.15) is 55.5 Å². The highest BCUT2D eigenvalue weighted by Crippen LogP contribution is 2.31. The van der Waals surface area contributed by atoms with Gasteiger partial charge in [-0.3, -0.25) is 4.79 Å². The molecular weight excluding hydrogens is 317 g/mol. The van der Waals surface area contributed by atoms with E-state index in [4.69, 9.17) is 0 Å². The van der Waals surface area contributed by atoms with E-state index in [-0.39, 0.29) is 11.7 Å². The molecule has 134 valence electrons. The largest absolute Gasteiger partial charge is 0.318 e. The summed E-state index contributed by atoms with van der Waals surface area (Å²) in [5, 5.41) is 0. The molecule has 0 unspecified atom stereocenters. The molecule has 1 aromatic heterocycles. The van der Waals surface area contributed by atoms with Crippen molar-refractivity contribution in [2.24, 2.45) is 5.92 Å².